The summed E-state index contributed by atoms with van der Waals surface area (Å²) in [6.07, 6.45) is 0.977. The van der Waals surface area contributed by atoms with Gasteiger partial charge in [0.05, 0.1) is 20.3 Å². The lowest BCUT2D eigenvalue weighted by atomic mass is 10.1. The van der Waals surface area contributed by atoms with Crippen LogP contribution in [0.3, 0.4) is 0 Å². The quantitative estimate of drug-likeness (QED) is 0.715. The van der Waals surface area contributed by atoms with Crippen molar-refractivity contribution in [2.24, 2.45) is 5.92 Å². The lowest BCUT2D eigenvalue weighted by Gasteiger charge is -2.25. The first-order valence-electron chi connectivity index (χ1n) is 8.09. The molecule has 23 heavy (non-hydrogen) atoms. The largest absolute Gasteiger partial charge is 0.493 e. The molecule has 0 fully saturated rings. The minimum absolute atomic E-state index is 0.0211. The van der Waals surface area contributed by atoms with Crippen molar-refractivity contribution in [3.8, 4) is 11.5 Å². The zero-order valence-electron chi connectivity index (χ0n) is 14.8. The van der Waals surface area contributed by atoms with Crippen molar-refractivity contribution in [2.45, 2.75) is 46.7 Å². The fourth-order valence-corrected chi connectivity index (χ4v) is 2.17. The molecular formula is C18H29NO4. The third kappa shape index (κ3) is 6.91. The molecule has 0 saturated carbocycles. The highest BCUT2D eigenvalue weighted by Gasteiger charge is 2.15. The molecule has 1 aromatic rings. The van der Waals surface area contributed by atoms with Crippen LogP contribution in [0.2, 0.25) is 0 Å². The Labute approximate surface area is 139 Å². The molecule has 130 valence electrons. The number of rotatable bonds is 10. The highest BCUT2D eigenvalue weighted by molar-refractivity contribution is 5.69. The molecule has 5 nitrogen and oxygen atoms in total. The molecule has 0 heterocycles. The van der Waals surface area contributed by atoms with Crippen LogP contribution in [-0.4, -0.2) is 42.3 Å². The number of aliphatic carboxylic acids is 1. The number of hydrogen-bond donors (Lipinski definition) is 1. The smallest absolute Gasteiger partial charge is 0.317 e. The van der Waals surface area contributed by atoms with E-state index in [9.17, 15) is 4.79 Å². The molecule has 0 aliphatic rings. The van der Waals surface area contributed by atoms with Crippen LogP contribution in [0.1, 0.15) is 39.7 Å². The summed E-state index contributed by atoms with van der Waals surface area (Å²) in [4.78, 5) is 12.9. The second kappa shape index (κ2) is 9.40. The molecule has 0 bridgehead atoms. The highest BCUT2D eigenvalue weighted by atomic mass is 16.5. The summed E-state index contributed by atoms with van der Waals surface area (Å²) in [5.74, 6) is 1.17. The van der Waals surface area contributed by atoms with Crippen molar-refractivity contribution >= 4 is 5.97 Å². The van der Waals surface area contributed by atoms with Gasteiger partial charge < -0.3 is 14.6 Å². The van der Waals surface area contributed by atoms with Gasteiger partial charge in [-0.1, -0.05) is 19.9 Å². The van der Waals surface area contributed by atoms with Crippen molar-refractivity contribution in [1.29, 1.82) is 0 Å². The highest BCUT2D eigenvalue weighted by Crippen LogP contribution is 2.29. The Morgan fingerprint density at radius 2 is 1.91 bits per heavy atom. The molecule has 0 amide bonds. The maximum Gasteiger partial charge on any atom is 0.317 e. The maximum atomic E-state index is 11.0. The van der Waals surface area contributed by atoms with Gasteiger partial charge in [-0.05, 0) is 43.9 Å². The van der Waals surface area contributed by atoms with E-state index < -0.39 is 5.97 Å². The third-order valence-corrected chi connectivity index (χ3v) is 3.64. The number of carboxylic acids is 1. The Morgan fingerprint density at radius 1 is 1.22 bits per heavy atom. The van der Waals surface area contributed by atoms with Crippen LogP contribution < -0.4 is 9.47 Å². The third-order valence-electron chi connectivity index (χ3n) is 3.64. The van der Waals surface area contributed by atoms with E-state index in [2.05, 4.69) is 13.8 Å². The topological polar surface area (TPSA) is 59.0 Å². The van der Waals surface area contributed by atoms with Gasteiger partial charge in [-0.15, -0.1) is 0 Å². The number of carboxylic acid groups (broad SMARTS) is 1. The van der Waals surface area contributed by atoms with Crippen molar-refractivity contribution in [3.05, 3.63) is 23.8 Å². The molecule has 0 aliphatic heterocycles. The summed E-state index contributed by atoms with van der Waals surface area (Å²) in [5.41, 5.74) is 1.01. The lowest BCUT2D eigenvalue weighted by Crippen LogP contribution is -2.35. The van der Waals surface area contributed by atoms with Gasteiger partial charge in [0.1, 0.15) is 0 Å². The van der Waals surface area contributed by atoms with Gasteiger partial charge in [-0.2, -0.15) is 0 Å². The molecule has 0 aliphatic carbocycles. The van der Waals surface area contributed by atoms with Crippen LogP contribution in [0, 0.1) is 5.92 Å². The average molecular weight is 323 g/mol. The second-order valence-electron chi connectivity index (χ2n) is 6.41. The predicted molar refractivity (Wildman–Crippen MR) is 91.1 cm³/mol. The van der Waals surface area contributed by atoms with Gasteiger partial charge in [-0.25, -0.2) is 0 Å². The first kappa shape index (κ1) is 19.3. The molecule has 0 atom stereocenters. The molecule has 0 spiro atoms. The minimum atomic E-state index is -0.819. The maximum absolute atomic E-state index is 11.0. The fraction of sp³-hybridized carbons (Fsp3) is 0.611. The molecule has 0 saturated heterocycles. The first-order valence-corrected chi connectivity index (χ1v) is 8.09. The van der Waals surface area contributed by atoms with Crippen molar-refractivity contribution in [1.82, 2.24) is 4.90 Å². The SMILES string of the molecule is COc1ccc(CN(CC(=O)O)C(C)C)cc1OCCC(C)C. The number of ether oxygens (including phenoxy) is 2. The number of hydrogen-bond acceptors (Lipinski definition) is 4. The zero-order valence-corrected chi connectivity index (χ0v) is 14.8. The van der Waals surface area contributed by atoms with Gasteiger partial charge in [0.2, 0.25) is 0 Å². The Hall–Kier alpha value is -1.75. The molecular weight excluding hydrogens is 294 g/mol. The van der Waals surface area contributed by atoms with Crippen LogP contribution in [-0.2, 0) is 11.3 Å². The zero-order chi connectivity index (χ0) is 17.4. The van der Waals surface area contributed by atoms with Crippen molar-refractivity contribution in [2.75, 3.05) is 20.3 Å². The van der Waals surface area contributed by atoms with E-state index in [-0.39, 0.29) is 12.6 Å². The summed E-state index contributed by atoms with van der Waals surface area (Å²) >= 11 is 0. The number of methoxy groups -OCH3 is 1. The predicted octanol–water partition coefficient (Wildman–Crippen LogP) is 3.42. The molecule has 5 heteroatoms. The lowest BCUT2D eigenvalue weighted by molar-refractivity contribution is -0.138. The summed E-state index contributed by atoms with van der Waals surface area (Å²) in [6.45, 7) is 9.52. The van der Waals surface area contributed by atoms with Gasteiger partial charge in [0.25, 0.3) is 0 Å². The Kier molecular flexibility index (Phi) is 7.89. The van der Waals surface area contributed by atoms with E-state index in [1.165, 1.54) is 0 Å². The monoisotopic (exact) mass is 323 g/mol. The molecule has 1 N–H and O–H groups in total. The van der Waals surface area contributed by atoms with Crippen molar-refractivity contribution < 1.29 is 19.4 Å². The summed E-state index contributed by atoms with van der Waals surface area (Å²) in [6, 6.07) is 5.92. The Balaban J connectivity index is 2.84. The molecule has 1 aromatic carbocycles. The van der Waals surface area contributed by atoms with Crippen LogP contribution in [0.4, 0.5) is 0 Å². The van der Waals surface area contributed by atoms with E-state index in [0.29, 0.717) is 30.6 Å². The Morgan fingerprint density at radius 3 is 2.43 bits per heavy atom. The molecule has 1 rings (SSSR count). The Bertz CT molecular complexity index is 500. The summed E-state index contributed by atoms with van der Waals surface area (Å²) in [5, 5.41) is 9.03. The summed E-state index contributed by atoms with van der Waals surface area (Å²) in [7, 11) is 1.62. The summed E-state index contributed by atoms with van der Waals surface area (Å²) < 4.78 is 11.2. The van der Waals surface area contributed by atoms with E-state index in [4.69, 9.17) is 14.6 Å². The van der Waals surface area contributed by atoms with Crippen LogP contribution >= 0.6 is 0 Å². The number of nitrogens with zero attached hydrogens (tertiary/aromatic N) is 1. The standard InChI is InChI=1S/C18H29NO4/c1-13(2)8-9-23-17-10-15(6-7-16(17)22-5)11-19(14(3)4)12-18(20)21/h6-7,10,13-14H,8-9,11-12H2,1-5H3,(H,20,21). The van der Waals surface area contributed by atoms with E-state index in [0.717, 1.165) is 12.0 Å². The number of benzene rings is 1. The normalized spacial score (nSPS) is 11.3. The number of carbonyl (C=O) groups is 1. The molecule has 0 aromatic heterocycles. The average Bonchev–Trinajstić information content (AvgIpc) is 2.46. The fourth-order valence-electron chi connectivity index (χ4n) is 2.17. The van der Waals surface area contributed by atoms with E-state index >= 15 is 0 Å². The van der Waals surface area contributed by atoms with Crippen LogP contribution in [0.15, 0.2) is 18.2 Å². The van der Waals surface area contributed by atoms with E-state index in [1.54, 1.807) is 7.11 Å². The van der Waals surface area contributed by atoms with Crippen LogP contribution in [0.25, 0.3) is 0 Å². The van der Waals surface area contributed by atoms with Gasteiger partial charge in [0.15, 0.2) is 11.5 Å². The molecule has 0 unspecified atom stereocenters. The van der Waals surface area contributed by atoms with Crippen molar-refractivity contribution in [3.63, 3.8) is 0 Å². The van der Waals surface area contributed by atoms with E-state index in [1.807, 2.05) is 36.9 Å². The van der Waals surface area contributed by atoms with Gasteiger partial charge >= 0.3 is 5.97 Å². The van der Waals surface area contributed by atoms with Gasteiger partial charge in [0, 0.05) is 12.6 Å². The van der Waals surface area contributed by atoms with Gasteiger partial charge in [-0.3, -0.25) is 9.69 Å². The first-order chi connectivity index (χ1) is 10.8. The molecule has 0 radical (unpaired) electrons. The second-order valence-corrected chi connectivity index (χ2v) is 6.41. The van der Waals surface area contributed by atoms with Crippen LogP contribution in [0.5, 0.6) is 11.5 Å². The minimum Gasteiger partial charge on any atom is -0.493 e.